The molecule has 2 N–H and O–H groups in total. The van der Waals surface area contributed by atoms with Gasteiger partial charge in [-0.05, 0) is 98.2 Å². The number of aromatic hydroxyl groups is 1. The number of piperazine rings is 2. The van der Waals surface area contributed by atoms with Gasteiger partial charge >= 0.3 is 18.1 Å². The number of imide groups is 1. The predicted octanol–water partition coefficient (Wildman–Crippen LogP) is 6.01. The number of carbonyl (C=O) groups is 4. The number of hydrogen-bond donors (Lipinski definition) is 2. The van der Waals surface area contributed by atoms with Gasteiger partial charge in [-0.2, -0.15) is 23.1 Å². The molecule has 396 valence electrons. The summed E-state index contributed by atoms with van der Waals surface area (Å²) in [5.74, 6) is -1.60. The summed E-state index contributed by atoms with van der Waals surface area (Å²) in [5.41, 5.74) is 1.78. The van der Waals surface area contributed by atoms with Gasteiger partial charge in [0.1, 0.15) is 34.6 Å². The number of benzene rings is 3. The normalized spacial score (nSPS) is 23.1. The molecule has 5 aromatic rings. The standard InChI is InChI=1S/C55H55F5N10O6/c1-2-38-42(56)8-3-32-22-37(71)23-40(45(32)38)47-46(57)48-41(24-61-47)49(68-27-35-4-5-36(28-68)70(35)52(75)55(58,59)60)64-53(63-48)76-30-54(13-14-54)29-66-19-17-65(18-20-66)25-31-11-15-67(16-12-31)34-6-7-39-33(21-34)26-69(51(39)74)43-9-10-44(72)62-50(43)73/h1,3,6-8,21-24,31,35-36,43,71H,4-5,9-20,25-30H2,(H,62,72,73). The van der Waals surface area contributed by atoms with Crippen molar-refractivity contribution in [2.75, 3.05) is 81.9 Å². The number of aromatic nitrogens is 3. The lowest BCUT2D eigenvalue weighted by molar-refractivity contribution is -0.188. The maximum atomic E-state index is 17.3. The van der Waals surface area contributed by atoms with Gasteiger partial charge in [-0.3, -0.25) is 29.5 Å². The Morgan fingerprint density at radius 2 is 1.62 bits per heavy atom. The first-order valence-corrected chi connectivity index (χ1v) is 26.1. The number of terminal acetylenes is 1. The highest BCUT2D eigenvalue weighted by molar-refractivity contribution is 6.06. The molecule has 1 saturated carbocycles. The van der Waals surface area contributed by atoms with Crippen molar-refractivity contribution in [2.45, 2.75) is 82.2 Å². The van der Waals surface area contributed by atoms with Crippen LogP contribution < -0.4 is 19.9 Å². The lowest BCUT2D eigenvalue weighted by Crippen LogP contribution is -2.59. The summed E-state index contributed by atoms with van der Waals surface area (Å²) < 4.78 is 79.9. The van der Waals surface area contributed by atoms with Gasteiger partial charge < -0.3 is 39.2 Å². The number of pyridine rings is 1. The van der Waals surface area contributed by atoms with E-state index in [1.54, 1.807) is 9.80 Å². The second-order valence-corrected chi connectivity index (χ2v) is 21.7. The number of phenolic OH excluding ortho intramolecular Hbond substituents is 1. The predicted molar refractivity (Wildman–Crippen MR) is 269 cm³/mol. The number of alkyl halides is 3. The van der Waals surface area contributed by atoms with E-state index < -0.39 is 47.8 Å². The Bertz CT molecular complexity index is 3240. The van der Waals surface area contributed by atoms with Crippen LogP contribution in [0.3, 0.4) is 0 Å². The first kappa shape index (κ1) is 49.7. The Kier molecular flexibility index (Phi) is 12.5. The number of ether oxygens (including phenoxy) is 1. The summed E-state index contributed by atoms with van der Waals surface area (Å²) in [4.78, 5) is 75.4. The Balaban J connectivity index is 0.705. The number of fused-ring (bicyclic) bond motifs is 5. The molecule has 76 heavy (non-hydrogen) atoms. The number of amides is 4. The lowest BCUT2D eigenvalue weighted by Gasteiger charge is -2.42. The molecule has 6 fully saturated rings. The van der Waals surface area contributed by atoms with Crippen LogP contribution >= 0.6 is 0 Å². The van der Waals surface area contributed by atoms with E-state index in [4.69, 9.17) is 16.1 Å². The quantitative estimate of drug-likeness (QED) is 0.0899. The Morgan fingerprint density at radius 1 is 0.882 bits per heavy atom. The Labute approximate surface area is 434 Å². The van der Waals surface area contributed by atoms with E-state index in [0.717, 1.165) is 100 Å². The molecule has 8 heterocycles. The van der Waals surface area contributed by atoms with Crippen LogP contribution in [0.4, 0.5) is 33.5 Å². The highest BCUT2D eigenvalue weighted by Crippen LogP contribution is 2.47. The van der Waals surface area contributed by atoms with E-state index in [9.17, 15) is 37.5 Å². The fraction of sp³-hybridized carbons (Fsp3) is 0.473. The molecule has 16 nitrogen and oxygen atoms in total. The van der Waals surface area contributed by atoms with E-state index in [0.29, 0.717) is 42.7 Å². The average molecular weight is 1050 g/mol. The molecule has 21 heteroatoms. The number of hydrogen-bond acceptors (Lipinski definition) is 13. The minimum atomic E-state index is -5.04. The molecule has 0 spiro atoms. The van der Waals surface area contributed by atoms with Crippen LogP contribution in [0, 0.1) is 35.3 Å². The minimum absolute atomic E-state index is 0.000368. The zero-order valence-electron chi connectivity index (χ0n) is 41.6. The molecule has 3 atom stereocenters. The molecule has 6 aliphatic heterocycles. The summed E-state index contributed by atoms with van der Waals surface area (Å²) >= 11 is 0. The van der Waals surface area contributed by atoms with Gasteiger partial charge in [0, 0.05) is 112 Å². The summed E-state index contributed by atoms with van der Waals surface area (Å²) in [6.07, 6.45) is 7.14. The zero-order valence-corrected chi connectivity index (χ0v) is 41.6. The first-order valence-electron chi connectivity index (χ1n) is 26.1. The number of anilines is 2. The fourth-order valence-electron chi connectivity index (χ4n) is 12.7. The molecule has 2 bridgehead atoms. The van der Waals surface area contributed by atoms with E-state index in [2.05, 4.69) is 42.0 Å². The highest BCUT2D eigenvalue weighted by atomic mass is 19.4. The van der Waals surface area contributed by atoms with Crippen molar-refractivity contribution in [2.24, 2.45) is 11.3 Å². The van der Waals surface area contributed by atoms with Gasteiger partial charge in [0.05, 0.1) is 29.6 Å². The van der Waals surface area contributed by atoms with E-state index >= 15 is 8.78 Å². The maximum Gasteiger partial charge on any atom is 0.471 e. The molecule has 3 aromatic carbocycles. The van der Waals surface area contributed by atoms with Crippen LogP contribution in [0.5, 0.6) is 11.8 Å². The van der Waals surface area contributed by atoms with Crippen molar-refractivity contribution in [1.82, 2.24) is 39.9 Å². The molecular weight excluding hydrogens is 992 g/mol. The zero-order chi connectivity index (χ0) is 52.8. The highest BCUT2D eigenvalue weighted by Gasteiger charge is 2.52. The van der Waals surface area contributed by atoms with E-state index in [1.807, 2.05) is 12.1 Å². The monoisotopic (exact) mass is 1050 g/mol. The van der Waals surface area contributed by atoms with Crippen molar-refractivity contribution >= 4 is 56.8 Å². The largest absolute Gasteiger partial charge is 0.508 e. The number of nitrogens with zero attached hydrogens (tertiary/aromatic N) is 9. The molecule has 7 aliphatic rings. The van der Waals surface area contributed by atoms with Gasteiger partial charge in [-0.1, -0.05) is 12.0 Å². The molecular formula is C55H55F5N10O6. The molecule has 1 aliphatic carbocycles. The van der Waals surface area contributed by atoms with Crippen LogP contribution in [0.2, 0.25) is 0 Å². The Morgan fingerprint density at radius 3 is 2.32 bits per heavy atom. The van der Waals surface area contributed by atoms with Crippen molar-refractivity contribution in [3.8, 4) is 35.4 Å². The molecule has 5 saturated heterocycles. The van der Waals surface area contributed by atoms with Gasteiger partial charge in [0.2, 0.25) is 11.8 Å². The number of phenols is 1. The van der Waals surface area contributed by atoms with Crippen molar-refractivity contribution in [3.63, 3.8) is 0 Å². The molecule has 3 unspecified atom stereocenters. The third-order valence-electron chi connectivity index (χ3n) is 16.8. The number of nitrogens with one attached hydrogen (secondary N) is 1. The van der Waals surface area contributed by atoms with E-state index in [1.165, 1.54) is 24.4 Å². The summed E-state index contributed by atoms with van der Waals surface area (Å²) in [6, 6.07) is 8.83. The number of piperidine rings is 2. The minimum Gasteiger partial charge on any atom is -0.508 e. The van der Waals surface area contributed by atoms with E-state index in [-0.39, 0.29) is 94.0 Å². The average Bonchev–Trinajstić information content (AvgIpc) is 4.06. The smallest absolute Gasteiger partial charge is 0.471 e. The third-order valence-corrected chi connectivity index (χ3v) is 16.8. The SMILES string of the molecule is C#Cc1c(F)ccc2cc(O)cc(-c3ncc4c(N5CC6CCC(C5)N6C(=O)C(F)(F)F)nc(OCC5(CN6CCN(CC7CCN(c8ccc9c(c8)CN(C8CCC(=O)NC8=O)C9=O)CC7)CC6)CC5)nc4c3F)c12. The van der Waals surface area contributed by atoms with Crippen LogP contribution in [-0.2, 0) is 20.9 Å². The number of rotatable bonds is 11. The van der Waals surface area contributed by atoms with Crippen LogP contribution in [0.15, 0.2) is 48.7 Å². The van der Waals surface area contributed by atoms with Crippen LogP contribution in [0.1, 0.15) is 72.9 Å². The van der Waals surface area contributed by atoms with Crippen LogP contribution in [0.25, 0.3) is 32.9 Å². The van der Waals surface area contributed by atoms with Gasteiger partial charge in [-0.25, -0.2) is 8.78 Å². The van der Waals surface area contributed by atoms with Crippen molar-refractivity contribution in [1.29, 1.82) is 0 Å². The molecule has 12 rings (SSSR count). The summed E-state index contributed by atoms with van der Waals surface area (Å²) in [6.45, 7) is 7.74. The molecule has 2 aromatic heterocycles. The first-order chi connectivity index (χ1) is 36.5. The van der Waals surface area contributed by atoms with Gasteiger partial charge in [-0.15, -0.1) is 6.42 Å². The maximum absolute atomic E-state index is 17.3. The second kappa shape index (κ2) is 19.1. The molecule has 4 amide bonds. The summed E-state index contributed by atoms with van der Waals surface area (Å²) in [5, 5.41) is 13.7. The van der Waals surface area contributed by atoms with Crippen LogP contribution in [-0.4, -0.2) is 160 Å². The van der Waals surface area contributed by atoms with Crippen molar-refractivity contribution < 1.29 is 51.0 Å². The van der Waals surface area contributed by atoms with Gasteiger partial charge in [0.15, 0.2) is 5.82 Å². The number of halogens is 5. The lowest BCUT2D eigenvalue weighted by atomic mass is 9.95. The van der Waals surface area contributed by atoms with Gasteiger partial charge in [0.25, 0.3) is 5.91 Å². The fourth-order valence-corrected chi connectivity index (χ4v) is 12.7. The van der Waals surface area contributed by atoms with Crippen molar-refractivity contribution in [3.05, 3.63) is 77.0 Å². The molecule has 0 radical (unpaired) electrons. The Hall–Kier alpha value is -7.18. The summed E-state index contributed by atoms with van der Waals surface area (Å²) in [7, 11) is 0. The number of carbonyl (C=O) groups excluding carboxylic acids is 4. The third kappa shape index (κ3) is 9.16. The second-order valence-electron chi connectivity index (χ2n) is 21.7. The topological polar surface area (TPSA) is 168 Å².